The Hall–Kier alpha value is -1.08. The number of aliphatic hydroxyl groups is 1. The fourth-order valence-electron chi connectivity index (χ4n) is 0.0527. The van der Waals surface area contributed by atoms with Crippen LogP contribution in [-0.2, 0) is 4.79 Å². The summed E-state index contributed by atoms with van der Waals surface area (Å²) in [4.78, 5) is 9.35. The van der Waals surface area contributed by atoms with E-state index >= 15 is 0 Å². The molecule has 0 saturated carbocycles. The number of carboxylic acid groups (broad SMARTS) is 1. The maximum atomic E-state index is 9.35. The summed E-state index contributed by atoms with van der Waals surface area (Å²) in [5.74, 6) is -1.76. The van der Waals surface area contributed by atoms with Gasteiger partial charge >= 0.3 is 0 Å². The van der Waals surface area contributed by atoms with Gasteiger partial charge in [0.15, 0.2) is 6.10 Å². The predicted octanol–water partition coefficient (Wildman–Crippen LogP) is -2.38. The molecule has 0 aliphatic rings. The minimum Gasteiger partial charge on any atom is -0.546 e. The number of carbonyl (C=O) groups excluding carboxylic acids is 1. The van der Waals surface area contributed by atoms with E-state index in [4.69, 9.17) is 10.4 Å². The number of hydrogen-bond acceptors (Lipinski definition) is 4. The molecule has 0 aliphatic carbocycles. The zero-order chi connectivity index (χ0) is 5.86. The minimum absolute atomic E-state index is 1.06. The molecule has 4 heteroatoms. The average molecular weight is 100 g/mol. The molecular formula is C3H2NO3-. The van der Waals surface area contributed by atoms with Crippen LogP contribution in [0.4, 0.5) is 0 Å². The Labute approximate surface area is 39.6 Å². The van der Waals surface area contributed by atoms with E-state index < -0.39 is 12.1 Å². The van der Waals surface area contributed by atoms with E-state index in [0.29, 0.717) is 0 Å². The predicted molar refractivity (Wildman–Crippen MR) is 16.6 cm³/mol. The van der Waals surface area contributed by atoms with Gasteiger partial charge in [-0.1, -0.05) is 0 Å². The van der Waals surface area contributed by atoms with Gasteiger partial charge in [-0.3, -0.25) is 0 Å². The first-order valence-corrected chi connectivity index (χ1v) is 1.47. The van der Waals surface area contributed by atoms with Gasteiger partial charge in [-0.2, -0.15) is 5.26 Å². The maximum Gasteiger partial charge on any atom is 0.180 e. The second-order valence-corrected chi connectivity index (χ2v) is 0.851. The number of aliphatic hydroxyl groups excluding tert-OH is 1. The minimum atomic E-state index is -1.99. The molecular weight excluding hydrogens is 98.0 g/mol. The van der Waals surface area contributed by atoms with Crippen molar-refractivity contribution >= 4 is 5.97 Å². The summed E-state index contributed by atoms with van der Waals surface area (Å²) in [6.07, 6.45) is -1.99. The quantitative estimate of drug-likeness (QED) is 0.373. The standard InChI is InChI=1S/C3H3NO3/c4-1-2(5)3(6)7/h2,5H,(H,6,7)/p-1. The van der Waals surface area contributed by atoms with Crippen LogP contribution in [0.5, 0.6) is 0 Å². The molecule has 0 aliphatic heterocycles. The molecule has 0 aromatic heterocycles. The highest BCUT2D eigenvalue weighted by atomic mass is 16.4. The third kappa shape index (κ3) is 1.73. The van der Waals surface area contributed by atoms with Gasteiger partial charge in [-0.15, -0.1) is 0 Å². The smallest absolute Gasteiger partial charge is 0.180 e. The van der Waals surface area contributed by atoms with Gasteiger partial charge < -0.3 is 15.0 Å². The molecule has 7 heavy (non-hydrogen) atoms. The van der Waals surface area contributed by atoms with Crippen LogP contribution in [0.25, 0.3) is 0 Å². The molecule has 0 aromatic carbocycles. The van der Waals surface area contributed by atoms with E-state index in [-0.39, 0.29) is 0 Å². The third-order valence-electron chi connectivity index (χ3n) is 0.346. The lowest BCUT2D eigenvalue weighted by Gasteiger charge is -1.97. The SMILES string of the molecule is N#CC(O)C(=O)[O-]. The Bertz CT molecular complexity index is 114. The van der Waals surface area contributed by atoms with Crippen LogP contribution in [-0.4, -0.2) is 17.2 Å². The number of nitrogens with zero attached hydrogens (tertiary/aromatic N) is 1. The highest BCUT2D eigenvalue weighted by Crippen LogP contribution is 1.70. The van der Waals surface area contributed by atoms with Crippen LogP contribution in [0.3, 0.4) is 0 Å². The Morgan fingerprint density at radius 3 is 2.43 bits per heavy atom. The summed E-state index contributed by atoms with van der Waals surface area (Å²) < 4.78 is 0. The Balaban J connectivity index is 3.63. The second-order valence-electron chi connectivity index (χ2n) is 0.851. The van der Waals surface area contributed by atoms with Gasteiger partial charge in [-0.25, -0.2) is 0 Å². The van der Waals surface area contributed by atoms with E-state index in [1.165, 1.54) is 0 Å². The van der Waals surface area contributed by atoms with Gasteiger partial charge in [0.25, 0.3) is 0 Å². The average Bonchev–Trinajstić information content (AvgIpc) is 1.65. The molecule has 0 rings (SSSR count). The van der Waals surface area contributed by atoms with Crippen LogP contribution in [0, 0.1) is 11.3 Å². The van der Waals surface area contributed by atoms with Crippen LogP contribution >= 0.6 is 0 Å². The van der Waals surface area contributed by atoms with Crippen molar-refractivity contribution in [3.8, 4) is 6.07 Å². The zero-order valence-corrected chi connectivity index (χ0v) is 3.29. The summed E-state index contributed by atoms with van der Waals surface area (Å²) in [5, 5.41) is 24.8. The summed E-state index contributed by atoms with van der Waals surface area (Å²) in [6.45, 7) is 0. The molecule has 1 N–H and O–H groups in total. The van der Waals surface area contributed by atoms with Gasteiger partial charge in [0.05, 0.1) is 5.97 Å². The number of carboxylic acids is 1. The summed E-state index contributed by atoms with van der Waals surface area (Å²) in [7, 11) is 0. The molecule has 0 heterocycles. The lowest BCUT2D eigenvalue weighted by molar-refractivity contribution is -0.312. The zero-order valence-electron chi connectivity index (χ0n) is 3.29. The lowest BCUT2D eigenvalue weighted by atomic mass is 10.4. The number of rotatable bonds is 1. The molecule has 0 aromatic rings. The monoisotopic (exact) mass is 100 g/mol. The van der Waals surface area contributed by atoms with Crippen molar-refractivity contribution in [1.82, 2.24) is 0 Å². The highest BCUT2D eigenvalue weighted by Gasteiger charge is 1.97. The first kappa shape index (κ1) is 5.92. The topological polar surface area (TPSA) is 84.1 Å². The van der Waals surface area contributed by atoms with Gasteiger partial charge in [0.1, 0.15) is 6.07 Å². The molecule has 0 radical (unpaired) electrons. The molecule has 0 spiro atoms. The van der Waals surface area contributed by atoms with E-state index in [0.717, 1.165) is 6.07 Å². The molecule has 0 amide bonds. The Kier molecular flexibility index (Phi) is 1.82. The van der Waals surface area contributed by atoms with Crippen molar-refractivity contribution < 1.29 is 15.0 Å². The van der Waals surface area contributed by atoms with Crippen molar-refractivity contribution in [2.45, 2.75) is 6.10 Å². The molecule has 38 valence electrons. The second kappa shape index (κ2) is 2.16. The van der Waals surface area contributed by atoms with Crippen LogP contribution in [0.2, 0.25) is 0 Å². The number of aliphatic carboxylic acids is 1. The molecule has 1 atom stereocenters. The van der Waals surface area contributed by atoms with Crippen molar-refractivity contribution in [3.63, 3.8) is 0 Å². The van der Waals surface area contributed by atoms with Crippen LogP contribution < -0.4 is 5.11 Å². The van der Waals surface area contributed by atoms with E-state index in [2.05, 4.69) is 0 Å². The highest BCUT2D eigenvalue weighted by molar-refractivity contribution is 5.72. The molecule has 0 fully saturated rings. The Morgan fingerprint density at radius 1 is 2.00 bits per heavy atom. The fourth-order valence-corrected chi connectivity index (χ4v) is 0.0527. The molecule has 0 bridgehead atoms. The number of hydrogen-bond donors (Lipinski definition) is 1. The summed E-state index contributed by atoms with van der Waals surface area (Å²) in [5.41, 5.74) is 0. The van der Waals surface area contributed by atoms with E-state index in [1.807, 2.05) is 0 Å². The number of nitriles is 1. The largest absolute Gasteiger partial charge is 0.546 e. The molecule has 0 saturated heterocycles. The lowest BCUT2D eigenvalue weighted by Crippen LogP contribution is -2.34. The van der Waals surface area contributed by atoms with E-state index in [9.17, 15) is 9.90 Å². The van der Waals surface area contributed by atoms with Gasteiger partial charge in [0, 0.05) is 0 Å². The van der Waals surface area contributed by atoms with Crippen molar-refractivity contribution in [2.24, 2.45) is 0 Å². The number of carbonyl (C=O) groups is 1. The van der Waals surface area contributed by atoms with Crippen molar-refractivity contribution in [2.75, 3.05) is 0 Å². The first-order valence-electron chi connectivity index (χ1n) is 1.47. The van der Waals surface area contributed by atoms with E-state index in [1.54, 1.807) is 0 Å². The third-order valence-corrected chi connectivity index (χ3v) is 0.346. The van der Waals surface area contributed by atoms with Crippen molar-refractivity contribution in [1.29, 1.82) is 5.26 Å². The Morgan fingerprint density at radius 2 is 2.43 bits per heavy atom. The van der Waals surface area contributed by atoms with Gasteiger partial charge in [0.2, 0.25) is 0 Å². The van der Waals surface area contributed by atoms with Gasteiger partial charge in [-0.05, 0) is 0 Å². The molecule has 4 nitrogen and oxygen atoms in total. The summed E-state index contributed by atoms with van der Waals surface area (Å²) in [6, 6.07) is 1.06. The van der Waals surface area contributed by atoms with Crippen LogP contribution in [0.1, 0.15) is 0 Å². The summed E-state index contributed by atoms with van der Waals surface area (Å²) >= 11 is 0. The first-order chi connectivity index (χ1) is 3.18. The molecule has 1 unspecified atom stereocenters. The maximum absolute atomic E-state index is 9.35. The fraction of sp³-hybridized carbons (Fsp3) is 0.333. The normalized spacial score (nSPS) is 12.0. The van der Waals surface area contributed by atoms with Crippen molar-refractivity contribution in [3.05, 3.63) is 0 Å². The van der Waals surface area contributed by atoms with Crippen LogP contribution in [0.15, 0.2) is 0 Å².